The van der Waals surface area contributed by atoms with Gasteiger partial charge in [-0.2, -0.15) is 0 Å². The highest BCUT2D eigenvalue weighted by Crippen LogP contribution is 2.02. The van der Waals surface area contributed by atoms with Crippen LogP contribution in [0.5, 0.6) is 0 Å². The summed E-state index contributed by atoms with van der Waals surface area (Å²) >= 11 is 0. The molecule has 3 heteroatoms. The van der Waals surface area contributed by atoms with Crippen molar-refractivity contribution >= 4 is 5.97 Å². The molecule has 0 amide bonds. The minimum Gasteiger partial charge on any atom is -0.466 e. The molecule has 0 aliphatic rings. The SMILES string of the molecule is C=C(C)C(O)CC=CC(=O)OC. The first-order valence-electron chi connectivity index (χ1n) is 3.66. The molecule has 0 saturated heterocycles. The van der Waals surface area contributed by atoms with Crippen LogP contribution in [0.2, 0.25) is 0 Å². The quantitative estimate of drug-likeness (QED) is 0.389. The van der Waals surface area contributed by atoms with Gasteiger partial charge in [0, 0.05) is 6.08 Å². The second-order valence-corrected chi connectivity index (χ2v) is 2.52. The maximum Gasteiger partial charge on any atom is 0.330 e. The van der Waals surface area contributed by atoms with Crippen molar-refractivity contribution in [3.63, 3.8) is 0 Å². The molecule has 0 saturated carbocycles. The summed E-state index contributed by atoms with van der Waals surface area (Å²) in [5.41, 5.74) is 0.685. The zero-order valence-corrected chi connectivity index (χ0v) is 7.41. The van der Waals surface area contributed by atoms with Crippen molar-refractivity contribution in [2.24, 2.45) is 0 Å². The van der Waals surface area contributed by atoms with E-state index >= 15 is 0 Å². The molecule has 0 spiro atoms. The van der Waals surface area contributed by atoms with Crippen LogP contribution in [0, 0.1) is 0 Å². The lowest BCUT2D eigenvalue weighted by atomic mass is 10.1. The molecule has 1 unspecified atom stereocenters. The Morgan fingerprint density at radius 1 is 1.75 bits per heavy atom. The van der Waals surface area contributed by atoms with E-state index in [9.17, 15) is 9.90 Å². The smallest absolute Gasteiger partial charge is 0.330 e. The van der Waals surface area contributed by atoms with E-state index in [1.54, 1.807) is 13.0 Å². The predicted molar refractivity (Wildman–Crippen MR) is 46.6 cm³/mol. The lowest BCUT2D eigenvalue weighted by molar-refractivity contribution is -0.134. The summed E-state index contributed by atoms with van der Waals surface area (Å²) in [6.45, 7) is 5.31. The van der Waals surface area contributed by atoms with E-state index in [1.165, 1.54) is 13.2 Å². The van der Waals surface area contributed by atoms with E-state index in [2.05, 4.69) is 11.3 Å². The lowest BCUT2D eigenvalue weighted by Crippen LogP contribution is -2.05. The molecule has 0 aromatic rings. The molecule has 0 aliphatic heterocycles. The number of hydrogen-bond acceptors (Lipinski definition) is 3. The first-order chi connectivity index (χ1) is 5.57. The Hall–Kier alpha value is -1.09. The van der Waals surface area contributed by atoms with Crippen LogP contribution >= 0.6 is 0 Å². The zero-order chi connectivity index (χ0) is 9.56. The number of hydrogen-bond donors (Lipinski definition) is 1. The fourth-order valence-corrected chi connectivity index (χ4v) is 0.562. The van der Waals surface area contributed by atoms with E-state index in [-0.39, 0.29) is 0 Å². The number of rotatable bonds is 4. The molecule has 0 radical (unpaired) electrons. The van der Waals surface area contributed by atoms with Gasteiger partial charge in [-0.25, -0.2) is 4.79 Å². The van der Waals surface area contributed by atoms with Gasteiger partial charge < -0.3 is 9.84 Å². The normalized spacial score (nSPS) is 12.9. The molecule has 12 heavy (non-hydrogen) atoms. The average Bonchev–Trinajstić information content (AvgIpc) is 2.03. The third-order valence-corrected chi connectivity index (χ3v) is 1.38. The van der Waals surface area contributed by atoms with Gasteiger partial charge in [-0.1, -0.05) is 18.2 Å². The maximum atomic E-state index is 10.6. The second kappa shape index (κ2) is 5.55. The summed E-state index contributed by atoms with van der Waals surface area (Å²) in [5.74, 6) is -0.413. The van der Waals surface area contributed by atoms with Crippen LogP contribution < -0.4 is 0 Å². The number of aliphatic hydroxyl groups excluding tert-OH is 1. The monoisotopic (exact) mass is 170 g/mol. The minimum absolute atomic E-state index is 0.393. The van der Waals surface area contributed by atoms with Crippen LogP contribution in [0.15, 0.2) is 24.3 Å². The molecular formula is C9H14O3. The Morgan fingerprint density at radius 2 is 2.33 bits per heavy atom. The largest absolute Gasteiger partial charge is 0.466 e. The lowest BCUT2D eigenvalue weighted by Gasteiger charge is -2.04. The zero-order valence-electron chi connectivity index (χ0n) is 7.41. The summed E-state index contributed by atoms with van der Waals surface area (Å²) in [6.07, 6.45) is 2.66. The van der Waals surface area contributed by atoms with Gasteiger partial charge in [0.05, 0.1) is 13.2 Å². The molecule has 68 valence electrons. The highest BCUT2D eigenvalue weighted by molar-refractivity contribution is 5.81. The van der Waals surface area contributed by atoms with E-state index in [0.29, 0.717) is 12.0 Å². The standard InChI is InChI=1S/C9H14O3/c1-7(2)8(10)5-4-6-9(11)12-3/h4,6,8,10H,1,5H2,2-3H3. The Labute approximate surface area is 72.3 Å². The summed E-state index contributed by atoms with van der Waals surface area (Å²) in [5, 5.41) is 9.21. The fourth-order valence-electron chi connectivity index (χ4n) is 0.562. The van der Waals surface area contributed by atoms with Crippen LogP contribution in [-0.2, 0) is 9.53 Å². The van der Waals surface area contributed by atoms with E-state index in [0.717, 1.165) is 0 Å². The summed E-state index contributed by atoms with van der Waals surface area (Å²) < 4.78 is 4.36. The molecule has 0 rings (SSSR count). The first kappa shape index (κ1) is 10.9. The van der Waals surface area contributed by atoms with Crippen molar-refractivity contribution in [1.82, 2.24) is 0 Å². The van der Waals surface area contributed by atoms with Crippen molar-refractivity contribution < 1.29 is 14.6 Å². The average molecular weight is 170 g/mol. The third-order valence-electron chi connectivity index (χ3n) is 1.38. The number of methoxy groups -OCH3 is 1. The Bertz CT molecular complexity index is 194. The number of ether oxygens (including phenoxy) is 1. The van der Waals surface area contributed by atoms with E-state index in [4.69, 9.17) is 0 Å². The van der Waals surface area contributed by atoms with Crippen LogP contribution in [0.1, 0.15) is 13.3 Å². The van der Waals surface area contributed by atoms with Crippen LogP contribution in [0.4, 0.5) is 0 Å². The van der Waals surface area contributed by atoms with Gasteiger partial charge in [-0.3, -0.25) is 0 Å². The Kier molecular flexibility index (Phi) is 5.04. The second-order valence-electron chi connectivity index (χ2n) is 2.52. The van der Waals surface area contributed by atoms with Gasteiger partial charge in [0.1, 0.15) is 0 Å². The van der Waals surface area contributed by atoms with Gasteiger partial charge in [-0.05, 0) is 13.3 Å². The first-order valence-corrected chi connectivity index (χ1v) is 3.66. The third kappa shape index (κ3) is 4.68. The van der Waals surface area contributed by atoms with Crippen molar-refractivity contribution in [2.45, 2.75) is 19.4 Å². The number of aliphatic hydroxyl groups is 1. The molecule has 1 atom stereocenters. The van der Waals surface area contributed by atoms with Crippen molar-refractivity contribution in [2.75, 3.05) is 7.11 Å². The molecule has 0 aliphatic carbocycles. The molecule has 3 nitrogen and oxygen atoms in total. The number of carbonyl (C=O) groups excluding carboxylic acids is 1. The molecular weight excluding hydrogens is 156 g/mol. The van der Waals surface area contributed by atoms with Gasteiger partial charge in [0.15, 0.2) is 0 Å². The molecule has 0 bridgehead atoms. The van der Waals surface area contributed by atoms with E-state index < -0.39 is 12.1 Å². The Morgan fingerprint density at radius 3 is 2.75 bits per heavy atom. The highest BCUT2D eigenvalue weighted by atomic mass is 16.5. The fraction of sp³-hybridized carbons (Fsp3) is 0.444. The molecule has 0 fully saturated rings. The van der Waals surface area contributed by atoms with Crippen LogP contribution in [0.3, 0.4) is 0 Å². The predicted octanol–water partition coefficient (Wildman–Crippen LogP) is 1.04. The minimum atomic E-state index is -0.578. The molecule has 1 N–H and O–H groups in total. The molecule has 0 aromatic carbocycles. The number of esters is 1. The van der Waals surface area contributed by atoms with Gasteiger partial charge in [-0.15, -0.1) is 0 Å². The maximum absolute atomic E-state index is 10.6. The number of carbonyl (C=O) groups is 1. The highest BCUT2D eigenvalue weighted by Gasteiger charge is 2.00. The summed E-state index contributed by atoms with van der Waals surface area (Å²) in [7, 11) is 1.31. The topological polar surface area (TPSA) is 46.5 Å². The molecule has 0 aromatic heterocycles. The Balaban J connectivity index is 3.74. The van der Waals surface area contributed by atoms with Gasteiger partial charge in [0.2, 0.25) is 0 Å². The van der Waals surface area contributed by atoms with E-state index in [1.807, 2.05) is 0 Å². The van der Waals surface area contributed by atoms with Crippen molar-refractivity contribution in [1.29, 1.82) is 0 Å². The van der Waals surface area contributed by atoms with Gasteiger partial charge in [0.25, 0.3) is 0 Å². The summed E-state index contributed by atoms with van der Waals surface area (Å²) in [6, 6.07) is 0. The van der Waals surface area contributed by atoms with Gasteiger partial charge >= 0.3 is 5.97 Å². The molecule has 0 heterocycles. The summed E-state index contributed by atoms with van der Waals surface area (Å²) in [4.78, 5) is 10.6. The van der Waals surface area contributed by atoms with Crippen LogP contribution in [-0.4, -0.2) is 24.3 Å². The van der Waals surface area contributed by atoms with Crippen molar-refractivity contribution in [3.05, 3.63) is 24.3 Å². The van der Waals surface area contributed by atoms with Crippen molar-refractivity contribution in [3.8, 4) is 0 Å². The van der Waals surface area contributed by atoms with Crippen LogP contribution in [0.25, 0.3) is 0 Å².